The molecule has 0 spiro atoms. The zero-order valence-corrected chi connectivity index (χ0v) is 17.2. The van der Waals surface area contributed by atoms with Crippen LogP contribution in [0, 0.1) is 0 Å². The molecule has 0 radical (unpaired) electrons. The molecule has 1 unspecified atom stereocenters. The van der Waals surface area contributed by atoms with Gasteiger partial charge in [-0.3, -0.25) is 4.79 Å². The standard InChI is InChI=1S/C19H19ClN4OS2/c1-13(20)12-27-19-23-22-17(24(19)2)15(11-14-7-4-3-5-8-14)21-18(25)16-9-6-10-26-16/h3-10,15H,1,11-12H2,2H3,(H,21,25). The van der Waals surface area contributed by atoms with Gasteiger partial charge < -0.3 is 9.88 Å². The third-order valence-corrected chi connectivity index (χ3v) is 6.14. The molecule has 1 aromatic carbocycles. The van der Waals surface area contributed by atoms with Gasteiger partial charge in [-0.15, -0.1) is 21.5 Å². The molecule has 140 valence electrons. The Hall–Kier alpha value is -2.09. The molecule has 5 nitrogen and oxygen atoms in total. The van der Waals surface area contributed by atoms with Crippen LogP contribution in [0.15, 0.2) is 64.6 Å². The fraction of sp³-hybridized carbons (Fsp3) is 0.211. The molecule has 0 fully saturated rings. The minimum absolute atomic E-state index is 0.114. The Kier molecular flexibility index (Phi) is 6.71. The molecule has 2 aromatic heterocycles. The number of amides is 1. The number of nitrogens with one attached hydrogen (secondary N) is 1. The maximum absolute atomic E-state index is 12.6. The fourth-order valence-electron chi connectivity index (χ4n) is 2.59. The molecule has 0 saturated carbocycles. The van der Waals surface area contributed by atoms with Crippen LogP contribution >= 0.6 is 34.7 Å². The van der Waals surface area contributed by atoms with Gasteiger partial charge in [-0.2, -0.15) is 0 Å². The van der Waals surface area contributed by atoms with Gasteiger partial charge in [0.05, 0.1) is 10.9 Å². The van der Waals surface area contributed by atoms with E-state index < -0.39 is 0 Å². The lowest BCUT2D eigenvalue weighted by atomic mass is 10.1. The minimum Gasteiger partial charge on any atom is -0.341 e. The molecule has 2 heterocycles. The van der Waals surface area contributed by atoms with Crippen molar-refractivity contribution in [1.82, 2.24) is 20.1 Å². The average Bonchev–Trinajstić information content (AvgIpc) is 3.30. The third kappa shape index (κ3) is 5.22. The molecule has 3 aromatic rings. The van der Waals surface area contributed by atoms with E-state index in [0.29, 0.717) is 27.9 Å². The van der Waals surface area contributed by atoms with Crippen LogP contribution in [0.25, 0.3) is 0 Å². The predicted octanol–water partition coefficient (Wildman–Crippen LogP) is 4.44. The topological polar surface area (TPSA) is 59.8 Å². The van der Waals surface area contributed by atoms with Gasteiger partial charge in [0.1, 0.15) is 0 Å². The number of carbonyl (C=O) groups excluding carboxylic acids is 1. The Bertz CT molecular complexity index is 909. The van der Waals surface area contributed by atoms with Gasteiger partial charge in [-0.25, -0.2) is 0 Å². The minimum atomic E-state index is -0.298. The molecule has 0 aliphatic carbocycles. The quantitative estimate of drug-likeness (QED) is 0.549. The van der Waals surface area contributed by atoms with Gasteiger partial charge in [-0.05, 0) is 23.4 Å². The first kappa shape index (κ1) is 19.7. The molecule has 3 rings (SSSR count). The summed E-state index contributed by atoms with van der Waals surface area (Å²) < 4.78 is 1.90. The lowest BCUT2D eigenvalue weighted by molar-refractivity contribution is 0.0938. The van der Waals surface area contributed by atoms with Crippen LogP contribution < -0.4 is 5.32 Å². The number of nitrogens with zero attached hydrogens (tertiary/aromatic N) is 3. The highest BCUT2D eigenvalue weighted by atomic mass is 35.5. The summed E-state index contributed by atoms with van der Waals surface area (Å²) in [5.74, 6) is 1.14. The summed E-state index contributed by atoms with van der Waals surface area (Å²) in [7, 11) is 1.89. The van der Waals surface area contributed by atoms with Crippen LogP contribution in [0.1, 0.15) is 27.1 Å². The van der Waals surface area contributed by atoms with E-state index in [0.717, 1.165) is 10.7 Å². The van der Waals surface area contributed by atoms with E-state index in [1.807, 2.05) is 59.5 Å². The molecule has 27 heavy (non-hydrogen) atoms. The molecule has 1 amide bonds. The summed E-state index contributed by atoms with van der Waals surface area (Å²) in [6.07, 6.45) is 0.622. The molecule has 0 aliphatic heterocycles. The normalized spacial score (nSPS) is 11.9. The van der Waals surface area contributed by atoms with Crippen molar-refractivity contribution in [3.05, 3.63) is 75.7 Å². The van der Waals surface area contributed by atoms with Crippen molar-refractivity contribution in [2.24, 2.45) is 7.05 Å². The summed E-state index contributed by atoms with van der Waals surface area (Å²) >= 11 is 8.73. The van der Waals surface area contributed by atoms with Gasteiger partial charge in [0, 0.05) is 17.8 Å². The molecular weight excluding hydrogens is 400 g/mol. The van der Waals surface area contributed by atoms with Crippen LogP contribution in [0.5, 0.6) is 0 Å². The molecule has 8 heteroatoms. The number of benzene rings is 1. The Morgan fingerprint density at radius 2 is 2.07 bits per heavy atom. The van der Waals surface area contributed by atoms with E-state index in [1.165, 1.54) is 23.1 Å². The molecule has 0 saturated heterocycles. The number of carbonyl (C=O) groups is 1. The predicted molar refractivity (Wildman–Crippen MR) is 111 cm³/mol. The van der Waals surface area contributed by atoms with Crippen molar-refractivity contribution < 1.29 is 4.79 Å². The molecule has 1 atom stereocenters. The van der Waals surface area contributed by atoms with Gasteiger partial charge in [0.15, 0.2) is 11.0 Å². The van der Waals surface area contributed by atoms with E-state index in [9.17, 15) is 4.79 Å². The van der Waals surface area contributed by atoms with Crippen LogP contribution in [-0.4, -0.2) is 26.4 Å². The van der Waals surface area contributed by atoms with Crippen LogP contribution in [0.2, 0.25) is 0 Å². The number of hydrogen-bond acceptors (Lipinski definition) is 5. The highest BCUT2D eigenvalue weighted by Crippen LogP contribution is 2.24. The molecule has 0 aliphatic rings. The van der Waals surface area contributed by atoms with Crippen LogP contribution in [-0.2, 0) is 13.5 Å². The number of thioether (sulfide) groups is 1. The van der Waals surface area contributed by atoms with Gasteiger partial charge in [0.25, 0.3) is 5.91 Å². The number of halogens is 1. The van der Waals surface area contributed by atoms with E-state index in [4.69, 9.17) is 11.6 Å². The Labute approximate surface area is 171 Å². The lowest BCUT2D eigenvalue weighted by Crippen LogP contribution is -2.31. The van der Waals surface area contributed by atoms with Crippen molar-refractivity contribution >= 4 is 40.6 Å². The highest BCUT2D eigenvalue weighted by Gasteiger charge is 2.23. The zero-order chi connectivity index (χ0) is 19.2. The van der Waals surface area contributed by atoms with Gasteiger partial charge in [0.2, 0.25) is 0 Å². The Morgan fingerprint density at radius 1 is 1.30 bits per heavy atom. The monoisotopic (exact) mass is 418 g/mol. The first-order chi connectivity index (χ1) is 13.0. The second-order valence-electron chi connectivity index (χ2n) is 5.90. The van der Waals surface area contributed by atoms with E-state index >= 15 is 0 Å². The van der Waals surface area contributed by atoms with Crippen molar-refractivity contribution in [3.63, 3.8) is 0 Å². The van der Waals surface area contributed by atoms with Crippen LogP contribution in [0.3, 0.4) is 0 Å². The van der Waals surface area contributed by atoms with Crippen molar-refractivity contribution in [2.45, 2.75) is 17.6 Å². The Morgan fingerprint density at radius 3 is 2.74 bits per heavy atom. The van der Waals surface area contributed by atoms with Gasteiger partial charge in [-0.1, -0.05) is 66.3 Å². The van der Waals surface area contributed by atoms with Crippen molar-refractivity contribution in [2.75, 3.05) is 5.75 Å². The van der Waals surface area contributed by atoms with Crippen molar-refractivity contribution in [1.29, 1.82) is 0 Å². The Balaban J connectivity index is 1.85. The summed E-state index contributed by atoms with van der Waals surface area (Å²) in [5, 5.41) is 14.8. The fourth-order valence-corrected chi connectivity index (χ4v) is 4.05. The van der Waals surface area contributed by atoms with Crippen LogP contribution in [0.4, 0.5) is 0 Å². The van der Waals surface area contributed by atoms with E-state index in [1.54, 1.807) is 0 Å². The number of thiophene rings is 1. The van der Waals surface area contributed by atoms with E-state index in [-0.39, 0.29) is 11.9 Å². The maximum Gasteiger partial charge on any atom is 0.261 e. The molecular formula is C19H19ClN4OS2. The van der Waals surface area contributed by atoms with E-state index in [2.05, 4.69) is 22.1 Å². The molecule has 1 N–H and O–H groups in total. The highest BCUT2D eigenvalue weighted by molar-refractivity contribution is 7.99. The average molecular weight is 419 g/mol. The van der Waals surface area contributed by atoms with Crippen molar-refractivity contribution in [3.8, 4) is 0 Å². The number of hydrogen-bond donors (Lipinski definition) is 1. The second kappa shape index (κ2) is 9.21. The second-order valence-corrected chi connectivity index (χ2v) is 8.32. The summed E-state index contributed by atoms with van der Waals surface area (Å²) in [5.41, 5.74) is 1.11. The lowest BCUT2D eigenvalue weighted by Gasteiger charge is -2.18. The first-order valence-corrected chi connectivity index (χ1v) is 10.5. The largest absolute Gasteiger partial charge is 0.341 e. The summed E-state index contributed by atoms with van der Waals surface area (Å²) in [6.45, 7) is 3.70. The zero-order valence-electron chi connectivity index (χ0n) is 14.8. The molecule has 0 bridgehead atoms. The number of rotatable bonds is 8. The first-order valence-electron chi connectivity index (χ1n) is 8.28. The van der Waals surface area contributed by atoms with Gasteiger partial charge >= 0.3 is 0 Å². The third-order valence-electron chi connectivity index (χ3n) is 3.87. The summed E-state index contributed by atoms with van der Waals surface area (Å²) in [6, 6.07) is 13.4. The SMILES string of the molecule is C=C(Cl)CSc1nnc(C(Cc2ccccc2)NC(=O)c2cccs2)n1C. The maximum atomic E-state index is 12.6. The number of aromatic nitrogens is 3. The summed E-state index contributed by atoms with van der Waals surface area (Å²) in [4.78, 5) is 13.3. The smallest absolute Gasteiger partial charge is 0.261 e.